The summed E-state index contributed by atoms with van der Waals surface area (Å²) >= 11 is 0. The van der Waals surface area contributed by atoms with Gasteiger partial charge in [0.05, 0.1) is 55.3 Å². The van der Waals surface area contributed by atoms with Gasteiger partial charge in [0.25, 0.3) is 0 Å². The normalized spacial score (nSPS) is 16.6. The minimum absolute atomic E-state index is 0.0940. The van der Waals surface area contributed by atoms with Crippen molar-refractivity contribution in [2.45, 2.75) is 19.9 Å². The number of anilines is 3. The van der Waals surface area contributed by atoms with E-state index in [2.05, 4.69) is 10.2 Å². The Bertz CT molecular complexity index is 994. The number of rotatable bonds is 5. The number of carbonyl (C=O) groups is 2. The molecule has 0 atom stereocenters. The van der Waals surface area contributed by atoms with E-state index in [9.17, 15) is 14.7 Å². The zero-order valence-electron chi connectivity index (χ0n) is 17.5. The molecular weight excluding hydrogens is 380 g/mol. The quantitative estimate of drug-likeness (QED) is 0.460. The van der Waals surface area contributed by atoms with Gasteiger partial charge in [0.1, 0.15) is 6.54 Å². The van der Waals surface area contributed by atoms with Crippen LogP contribution in [0.3, 0.4) is 0 Å². The van der Waals surface area contributed by atoms with Crippen LogP contribution < -0.4 is 20.9 Å². The number of nitrogens with one attached hydrogen (secondary N) is 2. The van der Waals surface area contributed by atoms with Gasteiger partial charge in [-0.3, -0.25) is 9.59 Å². The molecule has 1 heterocycles. The molecule has 5 N–H and O–H groups in total. The maximum Gasteiger partial charge on any atom is 0.196 e. The van der Waals surface area contributed by atoms with E-state index in [0.717, 1.165) is 38.4 Å². The van der Waals surface area contributed by atoms with Crippen LogP contribution in [-0.2, 0) is 0 Å². The van der Waals surface area contributed by atoms with Gasteiger partial charge in [0, 0.05) is 22.9 Å². The lowest BCUT2D eigenvalue weighted by atomic mass is 9.81. The minimum atomic E-state index is -0.198. The number of aliphatic hydroxyl groups is 1. The van der Waals surface area contributed by atoms with Crippen molar-refractivity contribution in [3.05, 3.63) is 52.6 Å². The van der Waals surface area contributed by atoms with E-state index in [4.69, 9.17) is 5.73 Å². The zero-order chi connectivity index (χ0) is 21.4. The third kappa shape index (κ3) is 3.44. The van der Waals surface area contributed by atoms with Crippen LogP contribution in [-0.4, -0.2) is 62.0 Å². The van der Waals surface area contributed by atoms with Crippen molar-refractivity contribution >= 4 is 28.6 Å². The van der Waals surface area contributed by atoms with Gasteiger partial charge in [-0.1, -0.05) is 24.3 Å². The molecule has 7 heteroatoms. The molecule has 30 heavy (non-hydrogen) atoms. The monoisotopic (exact) mass is 409 g/mol. The fraction of sp³-hybridized carbons (Fsp3) is 0.391. The van der Waals surface area contributed by atoms with Gasteiger partial charge in [-0.05, 0) is 19.9 Å². The van der Waals surface area contributed by atoms with Crippen LogP contribution in [0.1, 0.15) is 45.7 Å². The Hall–Kier alpha value is -2.90. The Balaban J connectivity index is 1.81. The summed E-state index contributed by atoms with van der Waals surface area (Å²) in [6.45, 7) is 8.24. The molecular formula is C23H29N4O3+. The molecule has 1 aliphatic heterocycles. The summed E-state index contributed by atoms with van der Waals surface area (Å²) in [5, 5.41) is 12.6. The lowest BCUT2D eigenvalue weighted by Crippen LogP contribution is -3.15. The molecule has 1 fully saturated rings. The first kappa shape index (κ1) is 20.4. The van der Waals surface area contributed by atoms with Crippen LogP contribution >= 0.6 is 0 Å². The number of fused-ring (bicyclic) bond motifs is 2. The van der Waals surface area contributed by atoms with Crippen LogP contribution in [0.4, 0.5) is 17.1 Å². The molecule has 2 aromatic carbocycles. The summed E-state index contributed by atoms with van der Waals surface area (Å²) in [6.07, 6.45) is 0. The molecule has 2 aromatic rings. The predicted molar refractivity (Wildman–Crippen MR) is 118 cm³/mol. The number of hydrogen-bond donors (Lipinski definition) is 4. The van der Waals surface area contributed by atoms with E-state index in [0.29, 0.717) is 33.6 Å². The SMILES string of the molecule is CC(C)Nc1cc(N2CC[NH+](CCO)CC2)c(N)c2c1C(=O)c1ccccc1C2=O. The molecule has 0 bridgehead atoms. The summed E-state index contributed by atoms with van der Waals surface area (Å²) in [5.74, 6) is -0.366. The van der Waals surface area contributed by atoms with Crippen LogP contribution in [0, 0.1) is 0 Å². The van der Waals surface area contributed by atoms with Crippen molar-refractivity contribution in [3.8, 4) is 0 Å². The van der Waals surface area contributed by atoms with E-state index < -0.39 is 0 Å². The van der Waals surface area contributed by atoms with Crippen LogP contribution in [0.5, 0.6) is 0 Å². The van der Waals surface area contributed by atoms with Crippen molar-refractivity contribution in [2.75, 3.05) is 55.3 Å². The fourth-order valence-electron chi connectivity index (χ4n) is 4.46. The highest BCUT2D eigenvalue weighted by atomic mass is 16.3. The van der Waals surface area contributed by atoms with E-state index in [-0.39, 0.29) is 24.2 Å². The second-order valence-electron chi connectivity index (χ2n) is 8.32. The first-order valence-electron chi connectivity index (χ1n) is 10.5. The van der Waals surface area contributed by atoms with Crippen LogP contribution in [0.2, 0.25) is 0 Å². The minimum Gasteiger partial charge on any atom is -0.396 e. The smallest absolute Gasteiger partial charge is 0.196 e. The number of nitrogens with zero attached hydrogens (tertiary/aromatic N) is 1. The van der Waals surface area contributed by atoms with Crippen LogP contribution in [0.15, 0.2) is 30.3 Å². The summed E-state index contributed by atoms with van der Waals surface area (Å²) in [4.78, 5) is 30.2. The Morgan fingerprint density at radius 3 is 2.27 bits per heavy atom. The Kier molecular flexibility index (Phi) is 5.49. The average molecular weight is 410 g/mol. The largest absolute Gasteiger partial charge is 0.396 e. The number of carbonyl (C=O) groups excluding carboxylic acids is 2. The number of hydrogen-bond acceptors (Lipinski definition) is 6. The molecule has 7 nitrogen and oxygen atoms in total. The zero-order valence-corrected chi connectivity index (χ0v) is 17.5. The summed E-state index contributed by atoms with van der Waals surface area (Å²) in [7, 11) is 0. The lowest BCUT2D eigenvalue weighted by Gasteiger charge is -2.35. The van der Waals surface area contributed by atoms with Crippen molar-refractivity contribution < 1.29 is 19.6 Å². The molecule has 1 saturated heterocycles. The van der Waals surface area contributed by atoms with Gasteiger partial charge in [0.15, 0.2) is 11.6 Å². The summed E-state index contributed by atoms with van der Waals surface area (Å²) in [5.41, 5.74) is 9.89. The Morgan fingerprint density at radius 1 is 1.10 bits per heavy atom. The average Bonchev–Trinajstić information content (AvgIpc) is 2.73. The number of piperazine rings is 1. The standard InChI is InChI=1S/C23H28N4O3/c1-14(2)25-17-13-18(27-9-7-26(8-10-27)11-12-28)21(24)20-19(17)22(29)15-5-3-4-6-16(15)23(20)30/h3-6,13-14,25,28H,7-12,24H2,1-2H3/p+1. The number of benzene rings is 2. The second kappa shape index (κ2) is 8.08. The highest BCUT2D eigenvalue weighted by Gasteiger charge is 2.36. The van der Waals surface area contributed by atoms with E-state index in [1.807, 2.05) is 19.9 Å². The van der Waals surface area contributed by atoms with Crippen molar-refractivity contribution in [1.82, 2.24) is 0 Å². The topological polar surface area (TPSA) is 100 Å². The van der Waals surface area contributed by atoms with Gasteiger partial charge < -0.3 is 26.0 Å². The first-order valence-corrected chi connectivity index (χ1v) is 10.5. The third-order valence-corrected chi connectivity index (χ3v) is 5.94. The molecule has 0 saturated carbocycles. The number of nitrogens with two attached hydrogens (primary N) is 1. The summed E-state index contributed by atoms with van der Waals surface area (Å²) < 4.78 is 0. The maximum absolute atomic E-state index is 13.4. The molecule has 0 aromatic heterocycles. The van der Waals surface area contributed by atoms with E-state index in [1.54, 1.807) is 24.3 Å². The maximum atomic E-state index is 13.4. The first-order chi connectivity index (χ1) is 14.4. The molecule has 1 aliphatic carbocycles. The van der Waals surface area contributed by atoms with Gasteiger partial charge in [-0.15, -0.1) is 0 Å². The molecule has 4 rings (SSSR count). The van der Waals surface area contributed by atoms with Crippen LogP contribution in [0.25, 0.3) is 0 Å². The second-order valence-corrected chi connectivity index (χ2v) is 8.32. The van der Waals surface area contributed by atoms with E-state index >= 15 is 0 Å². The number of quaternary nitrogens is 1. The van der Waals surface area contributed by atoms with Gasteiger partial charge in [-0.25, -0.2) is 0 Å². The van der Waals surface area contributed by atoms with Gasteiger partial charge in [0.2, 0.25) is 0 Å². The molecule has 0 radical (unpaired) electrons. The van der Waals surface area contributed by atoms with Gasteiger partial charge >= 0.3 is 0 Å². The molecule has 0 spiro atoms. The molecule has 0 amide bonds. The Morgan fingerprint density at radius 2 is 1.70 bits per heavy atom. The third-order valence-electron chi connectivity index (χ3n) is 5.94. The van der Waals surface area contributed by atoms with Crippen molar-refractivity contribution in [1.29, 1.82) is 0 Å². The highest BCUT2D eigenvalue weighted by molar-refractivity contribution is 6.32. The molecule has 0 unspecified atom stereocenters. The molecule has 158 valence electrons. The predicted octanol–water partition coefficient (Wildman–Crippen LogP) is 0.562. The number of nitrogen functional groups attached to an aromatic ring is 1. The van der Waals surface area contributed by atoms with E-state index in [1.165, 1.54) is 4.90 Å². The fourth-order valence-corrected chi connectivity index (χ4v) is 4.46. The van der Waals surface area contributed by atoms with Gasteiger partial charge in [-0.2, -0.15) is 0 Å². The van der Waals surface area contributed by atoms with Crippen molar-refractivity contribution in [2.24, 2.45) is 0 Å². The lowest BCUT2D eigenvalue weighted by molar-refractivity contribution is -0.900. The Labute approximate surface area is 176 Å². The number of aliphatic hydroxyl groups excluding tert-OH is 1. The molecule has 2 aliphatic rings. The summed E-state index contributed by atoms with van der Waals surface area (Å²) in [6, 6.07) is 8.95. The number of ketones is 2. The highest BCUT2D eigenvalue weighted by Crippen LogP contribution is 2.41. The van der Waals surface area contributed by atoms with Crippen molar-refractivity contribution in [3.63, 3.8) is 0 Å².